The molecule has 6 heteroatoms. The van der Waals surface area contributed by atoms with Gasteiger partial charge in [-0.15, -0.1) is 0 Å². The van der Waals surface area contributed by atoms with E-state index in [1.165, 1.54) is 5.56 Å². The molecule has 0 aliphatic carbocycles. The summed E-state index contributed by atoms with van der Waals surface area (Å²) in [4.78, 5) is 31.1. The molecule has 0 aromatic heterocycles. The van der Waals surface area contributed by atoms with Crippen LogP contribution in [0.2, 0.25) is 5.02 Å². The monoisotopic (exact) mass is 411 g/mol. The molecule has 0 spiro atoms. The van der Waals surface area contributed by atoms with Crippen molar-refractivity contribution >= 4 is 23.4 Å². The lowest BCUT2D eigenvalue weighted by Crippen LogP contribution is -2.51. The molecular formula is C23H26ClN3O2. The van der Waals surface area contributed by atoms with Crippen LogP contribution >= 0.6 is 11.6 Å². The van der Waals surface area contributed by atoms with E-state index in [0.29, 0.717) is 31.1 Å². The van der Waals surface area contributed by atoms with E-state index in [4.69, 9.17) is 11.6 Å². The Morgan fingerprint density at radius 3 is 2.34 bits per heavy atom. The molecule has 29 heavy (non-hydrogen) atoms. The molecule has 4 rings (SSSR count). The SMILES string of the molecule is O=C(CN1CC(c2ccc(Cl)cc2)CC1=O)N1CCN(Cc2ccccc2)CC1. The number of halogens is 1. The third kappa shape index (κ3) is 4.98. The van der Waals surface area contributed by atoms with Crippen LogP contribution in [-0.4, -0.2) is 65.8 Å². The Morgan fingerprint density at radius 2 is 1.66 bits per heavy atom. The molecule has 2 aliphatic rings. The van der Waals surface area contributed by atoms with Crippen molar-refractivity contribution < 1.29 is 9.59 Å². The van der Waals surface area contributed by atoms with Gasteiger partial charge in [-0.2, -0.15) is 0 Å². The lowest BCUT2D eigenvalue weighted by Gasteiger charge is -2.35. The molecule has 2 saturated heterocycles. The molecule has 2 aromatic rings. The highest BCUT2D eigenvalue weighted by molar-refractivity contribution is 6.30. The molecule has 0 radical (unpaired) electrons. The van der Waals surface area contributed by atoms with Gasteiger partial charge < -0.3 is 9.80 Å². The van der Waals surface area contributed by atoms with Crippen LogP contribution in [0.1, 0.15) is 23.5 Å². The lowest BCUT2D eigenvalue weighted by atomic mass is 9.98. The summed E-state index contributed by atoms with van der Waals surface area (Å²) >= 11 is 5.96. The molecule has 2 fully saturated rings. The Hall–Kier alpha value is -2.37. The first-order chi connectivity index (χ1) is 14.1. The van der Waals surface area contributed by atoms with Crippen LogP contribution in [0, 0.1) is 0 Å². The Kier molecular flexibility index (Phi) is 6.16. The van der Waals surface area contributed by atoms with E-state index in [0.717, 1.165) is 25.2 Å². The van der Waals surface area contributed by atoms with Crippen molar-refractivity contribution in [2.75, 3.05) is 39.3 Å². The van der Waals surface area contributed by atoms with E-state index >= 15 is 0 Å². The van der Waals surface area contributed by atoms with Gasteiger partial charge in [-0.25, -0.2) is 0 Å². The molecule has 0 saturated carbocycles. The molecule has 1 atom stereocenters. The summed E-state index contributed by atoms with van der Waals surface area (Å²) in [6, 6.07) is 18.0. The summed E-state index contributed by atoms with van der Waals surface area (Å²) in [6.45, 7) is 4.85. The van der Waals surface area contributed by atoms with E-state index in [1.54, 1.807) is 4.90 Å². The molecular weight excluding hydrogens is 386 g/mol. The maximum Gasteiger partial charge on any atom is 0.242 e. The first-order valence-corrected chi connectivity index (χ1v) is 10.5. The zero-order chi connectivity index (χ0) is 20.2. The van der Waals surface area contributed by atoms with Gasteiger partial charge in [-0.1, -0.05) is 54.1 Å². The van der Waals surface area contributed by atoms with Gasteiger partial charge in [0.15, 0.2) is 0 Å². The minimum Gasteiger partial charge on any atom is -0.339 e. The van der Waals surface area contributed by atoms with Gasteiger partial charge in [0.25, 0.3) is 0 Å². The Balaban J connectivity index is 1.26. The minimum absolute atomic E-state index is 0.0504. The van der Waals surface area contributed by atoms with Crippen LogP contribution in [0.15, 0.2) is 54.6 Å². The molecule has 5 nitrogen and oxygen atoms in total. The second-order valence-corrected chi connectivity index (χ2v) is 8.31. The fraction of sp³-hybridized carbons (Fsp3) is 0.391. The third-order valence-corrected chi connectivity index (χ3v) is 6.11. The molecule has 2 heterocycles. The summed E-state index contributed by atoms with van der Waals surface area (Å²) in [7, 11) is 0. The Bertz CT molecular complexity index is 848. The van der Waals surface area contributed by atoms with E-state index in [9.17, 15) is 9.59 Å². The largest absolute Gasteiger partial charge is 0.339 e. The van der Waals surface area contributed by atoms with Crippen molar-refractivity contribution in [2.24, 2.45) is 0 Å². The third-order valence-electron chi connectivity index (χ3n) is 5.86. The summed E-state index contributed by atoms with van der Waals surface area (Å²) < 4.78 is 0. The summed E-state index contributed by atoms with van der Waals surface area (Å²) in [5.41, 5.74) is 2.40. The number of hydrogen-bond donors (Lipinski definition) is 0. The normalized spacial score (nSPS) is 20.3. The number of carbonyl (C=O) groups is 2. The number of amides is 2. The van der Waals surface area contributed by atoms with E-state index in [-0.39, 0.29) is 24.3 Å². The van der Waals surface area contributed by atoms with Gasteiger partial charge in [-0.05, 0) is 23.3 Å². The van der Waals surface area contributed by atoms with Crippen molar-refractivity contribution in [2.45, 2.75) is 18.9 Å². The van der Waals surface area contributed by atoms with Crippen LogP contribution in [-0.2, 0) is 16.1 Å². The topological polar surface area (TPSA) is 43.9 Å². The second-order valence-electron chi connectivity index (χ2n) is 7.87. The summed E-state index contributed by atoms with van der Waals surface area (Å²) in [5.74, 6) is 0.241. The van der Waals surface area contributed by atoms with Gasteiger partial charge in [0, 0.05) is 56.6 Å². The lowest BCUT2D eigenvalue weighted by molar-refractivity contribution is -0.139. The molecule has 152 valence electrons. The van der Waals surface area contributed by atoms with E-state index < -0.39 is 0 Å². The quantitative estimate of drug-likeness (QED) is 0.759. The molecule has 0 N–H and O–H groups in total. The highest BCUT2D eigenvalue weighted by Gasteiger charge is 2.33. The van der Waals surface area contributed by atoms with Crippen LogP contribution in [0.25, 0.3) is 0 Å². The van der Waals surface area contributed by atoms with Gasteiger partial charge in [0.2, 0.25) is 11.8 Å². The maximum absolute atomic E-state index is 12.7. The number of nitrogens with zero attached hydrogens (tertiary/aromatic N) is 3. The standard InChI is InChI=1S/C23H26ClN3O2/c24-21-8-6-19(7-9-21)20-14-22(28)27(16-20)17-23(29)26-12-10-25(11-13-26)15-18-4-2-1-3-5-18/h1-9,20H,10-17H2. The number of benzene rings is 2. The molecule has 2 amide bonds. The summed E-state index contributed by atoms with van der Waals surface area (Å²) in [5, 5.41) is 0.691. The average Bonchev–Trinajstić information content (AvgIpc) is 3.10. The first-order valence-electron chi connectivity index (χ1n) is 10.2. The zero-order valence-electron chi connectivity index (χ0n) is 16.5. The number of rotatable bonds is 5. The minimum atomic E-state index is 0.0504. The Morgan fingerprint density at radius 1 is 0.966 bits per heavy atom. The summed E-state index contributed by atoms with van der Waals surface area (Å²) in [6.07, 6.45) is 0.458. The molecule has 2 aromatic carbocycles. The second kappa shape index (κ2) is 8.97. The van der Waals surface area contributed by atoms with E-state index in [2.05, 4.69) is 29.2 Å². The predicted molar refractivity (Wildman–Crippen MR) is 114 cm³/mol. The van der Waals surface area contributed by atoms with Crippen LogP contribution < -0.4 is 0 Å². The van der Waals surface area contributed by atoms with Gasteiger partial charge in [0.1, 0.15) is 0 Å². The maximum atomic E-state index is 12.7. The molecule has 2 aliphatic heterocycles. The number of likely N-dealkylation sites (tertiary alicyclic amines) is 1. The van der Waals surface area contributed by atoms with Gasteiger partial charge in [0.05, 0.1) is 6.54 Å². The van der Waals surface area contributed by atoms with Crippen LogP contribution in [0.5, 0.6) is 0 Å². The number of carbonyl (C=O) groups excluding carboxylic acids is 2. The van der Waals surface area contributed by atoms with Crippen LogP contribution in [0.3, 0.4) is 0 Å². The molecule has 0 bridgehead atoms. The number of piperazine rings is 1. The predicted octanol–water partition coefficient (Wildman–Crippen LogP) is 3.00. The Labute approximate surface area is 176 Å². The smallest absolute Gasteiger partial charge is 0.242 e. The highest BCUT2D eigenvalue weighted by Crippen LogP contribution is 2.29. The van der Waals surface area contributed by atoms with Gasteiger partial charge >= 0.3 is 0 Å². The highest BCUT2D eigenvalue weighted by atomic mass is 35.5. The fourth-order valence-electron chi connectivity index (χ4n) is 4.14. The van der Waals surface area contributed by atoms with Crippen molar-refractivity contribution in [3.8, 4) is 0 Å². The van der Waals surface area contributed by atoms with Crippen molar-refractivity contribution in [3.05, 3.63) is 70.7 Å². The van der Waals surface area contributed by atoms with Crippen molar-refractivity contribution in [3.63, 3.8) is 0 Å². The van der Waals surface area contributed by atoms with Crippen molar-refractivity contribution in [1.82, 2.24) is 14.7 Å². The fourth-order valence-corrected chi connectivity index (χ4v) is 4.27. The first kappa shape index (κ1) is 19.9. The van der Waals surface area contributed by atoms with Crippen molar-refractivity contribution in [1.29, 1.82) is 0 Å². The zero-order valence-corrected chi connectivity index (χ0v) is 17.2. The average molecular weight is 412 g/mol. The van der Waals surface area contributed by atoms with Gasteiger partial charge in [-0.3, -0.25) is 14.5 Å². The van der Waals surface area contributed by atoms with E-state index in [1.807, 2.05) is 35.2 Å². The molecule has 1 unspecified atom stereocenters. The number of hydrogen-bond acceptors (Lipinski definition) is 3. The van der Waals surface area contributed by atoms with Crippen LogP contribution in [0.4, 0.5) is 0 Å².